The van der Waals surface area contributed by atoms with Crippen LogP contribution in [-0.4, -0.2) is 45.1 Å². The molecule has 5 nitrogen and oxygen atoms in total. The summed E-state index contributed by atoms with van der Waals surface area (Å²) < 4.78 is 32.0. The Morgan fingerprint density at radius 1 is 1.37 bits per heavy atom. The predicted molar refractivity (Wildman–Crippen MR) is 73.5 cm³/mol. The zero-order valence-corrected chi connectivity index (χ0v) is 12.1. The molecule has 1 aliphatic rings. The van der Waals surface area contributed by atoms with E-state index in [0.29, 0.717) is 24.7 Å². The molecule has 1 aromatic carbocycles. The van der Waals surface area contributed by atoms with Gasteiger partial charge in [-0.25, -0.2) is 8.42 Å². The van der Waals surface area contributed by atoms with Crippen molar-refractivity contribution in [1.82, 2.24) is 4.31 Å². The molecule has 0 radical (unpaired) electrons. The largest absolute Gasteiger partial charge is 0.378 e. The smallest absolute Gasteiger partial charge is 0.243 e. The Morgan fingerprint density at radius 2 is 2.11 bits per heavy atom. The average molecular weight is 284 g/mol. The van der Waals surface area contributed by atoms with Crippen LogP contribution in [0.4, 0.5) is 0 Å². The number of nitrogens with zero attached hydrogens (tertiary/aromatic N) is 1. The van der Waals surface area contributed by atoms with Crippen molar-refractivity contribution in [1.29, 1.82) is 0 Å². The molecule has 0 spiro atoms. The number of nitrogens with two attached hydrogens (primary N) is 1. The number of rotatable bonds is 3. The molecule has 1 aliphatic heterocycles. The Labute approximate surface area is 114 Å². The first-order chi connectivity index (χ1) is 8.96. The molecule has 0 aromatic heterocycles. The lowest BCUT2D eigenvalue weighted by Crippen LogP contribution is -2.51. The van der Waals surface area contributed by atoms with E-state index in [4.69, 9.17) is 10.5 Å². The van der Waals surface area contributed by atoms with Gasteiger partial charge in [-0.05, 0) is 37.1 Å². The molecule has 106 valence electrons. The summed E-state index contributed by atoms with van der Waals surface area (Å²) in [6, 6.07) is 4.93. The van der Waals surface area contributed by atoms with Crippen LogP contribution in [0, 0.1) is 13.8 Å². The normalized spacial score (nSPS) is 21.5. The fourth-order valence-electron chi connectivity index (χ4n) is 2.15. The Balaban J connectivity index is 2.37. The molecule has 1 atom stereocenters. The number of sulfonamides is 1. The molecule has 19 heavy (non-hydrogen) atoms. The monoisotopic (exact) mass is 284 g/mol. The summed E-state index contributed by atoms with van der Waals surface area (Å²) in [4.78, 5) is 0.330. The molecule has 6 heteroatoms. The number of ether oxygens (including phenoxy) is 1. The summed E-state index contributed by atoms with van der Waals surface area (Å²) in [5.74, 6) is 0. The number of morpholine rings is 1. The van der Waals surface area contributed by atoms with Crippen molar-refractivity contribution in [2.24, 2.45) is 5.73 Å². The molecule has 0 amide bonds. The summed E-state index contributed by atoms with van der Waals surface area (Å²) in [6.45, 7) is 5.28. The second-order valence-corrected chi connectivity index (χ2v) is 6.72. The molecule has 1 heterocycles. The zero-order valence-electron chi connectivity index (χ0n) is 11.3. The van der Waals surface area contributed by atoms with Crippen molar-refractivity contribution in [3.05, 3.63) is 29.3 Å². The van der Waals surface area contributed by atoms with Gasteiger partial charge in [-0.15, -0.1) is 0 Å². The van der Waals surface area contributed by atoms with Gasteiger partial charge in [-0.3, -0.25) is 0 Å². The molecule has 1 unspecified atom stereocenters. The van der Waals surface area contributed by atoms with E-state index < -0.39 is 10.0 Å². The number of benzene rings is 1. The Hall–Kier alpha value is -0.950. The Kier molecular flexibility index (Phi) is 4.25. The minimum atomic E-state index is -3.49. The van der Waals surface area contributed by atoms with Gasteiger partial charge in [-0.1, -0.05) is 6.07 Å². The molecule has 1 aromatic rings. The molecule has 0 aliphatic carbocycles. The van der Waals surface area contributed by atoms with Gasteiger partial charge in [0.15, 0.2) is 0 Å². The summed E-state index contributed by atoms with van der Waals surface area (Å²) in [7, 11) is -3.49. The first-order valence-corrected chi connectivity index (χ1v) is 7.77. The highest BCUT2D eigenvalue weighted by Gasteiger charge is 2.33. The molecule has 2 rings (SSSR count). The van der Waals surface area contributed by atoms with Crippen LogP contribution in [-0.2, 0) is 14.8 Å². The van der Waals surface area contributed by atoms with Crippen molar-refractivity contribution in [2.75, 3.05) is 26.3 Å². The van der Waals surface area contributed by atoms with Crippen molar-refractivity contribution in [3.63, 3.8) is 0 Å². The van der Waals surface area contributed by atoms with Crippen molar-refractivity contribution < 1.29 is 13.2 Å². The highest BCUT2D eigenvalue weighted by molar-refractivity contribution is 7.89. The summed E-state index contributed by atoms with van der Waals surface area (Å²) >= 11 is 0. The van der Waals surface area contributed by atoms with E-state index in [1.54, 1.807) is 12.1 Å². The summed E-state index contributed by atoms with van der Waals surface area (Å²) in [6.07, 6.45) is 0. The summed E-state index contributed by atoms with van der Waals surface area (Å²) in [5, 5.41) is 0. The SMILES string of the molecule is Cc1ccc(S(=O)(=O)N2CCOCC2CN)cc1C. The lowest BCUT2D eigenvalue weighted by Gasteiger charge is -2.33. The van der Waals surface area contributed by atoms with E-state index in [9.17, 15) is 8.42 Å². The maximum atomic E-state index is 12.6. The first kappa shape index (κ1) is 14.5. The molecule has 1 fully saturated rings. The Morgan fingerprint density at radius 3 is 2.74 bits per heavy atom. The number of aryl methyl sites for hydroxylation is 2. The minimum absolute atomic E-state index is 0.268. The van der Waals surface area contributed by atoms with E-state index in [1.165, 1.54) is 4.31 Å². The quantitative estimate of drug-likeness (QED) is 0.884. The van der Waals surface area contributed by atoms with Crippen molar-refractivity contribution >= 4 is 10.0 Å². The molecule has 0 bridgehead atoms. The first-order valence-electron chi connectivity index (χ1n) is 6.33. The summed E-state index contributed by atoms with van der Waals surface area (Å²) in [5.41, 5.74) is 7.69. The highest BCUT2D eigenvalue weighted by atomic mass is 32.2. The fraction of sp³-hybridized carbons (Fsp3) is 0.538. The van der Waals surface area contributed by atoms with E-state index in [0.717, 1.165) is 11.1 Å². The van der Waals surface area contributed by atoms with Crippen LogP contribution < -0.4 is 5.73 Å². The van der Waals surface area contributed by atoms with E-state index in [1.807, 2.05) is 19.9 Å². The van der Waals surface area contributed by atoms with Crippen molar-refractivity contribution in [3.8, 4) is 0 Å². The third kappa shape index (κ3) is 2.81. The van der Waals surface area contributed by atoms with E-state index in [-0.39, 0.29) is 12.6 Å². The van der Waals surface area contributed by atoms with Gasteiger partial charge in [0, 0.05) is 13.1 Å². The molecule has 2 N–H and O–H groups in total. The van der Waals surface area contributed by atoms with Gasteiger partial charge in [0.1, 0.15) is 0 Å². The van der Waals surface area contributed by atoms with Crippen LogP contribution in [0.1, 0.15) is 11.1 Å². The van der Waals surface area contributed by atoms with Crippen LogP contribution in [0.2, 0.25) is 0 Å². The standard InChI is InChI=1S/C13H20N2O3S/c1-10-3-4-13(7-11(10)2)19(16,17)15-5-6-18-9-12(15)8-14/h3-4,7,12H,5-6,8-9,14H2,1-2H3. The topological polar surface area (TPSA) is 72.6 Å². The van der Waals surface area contributed by atoms with Crippen LogP contribution in [0.3, 0.4) is 0 Å². The molecule has 0 saturated carbocycles. The van der Waals surface area contributed by atoms with Gasteiger partial charge >= 0.3 is 0 Å². The third-order valence-corrected chi connectivity index (χ3v) is 5.48. The highest BCUT2D eigenvalue weighted by Crippen LogP contribution is 2.22. The van der Waals surface area contributed by atoms with Gasteiger partial charge in [0.05, 0.1) is 24.2 Å². The van der Waals surface area contributed by atoms with E-state index in [2.05, 4.69) is 0 Å². The van der Waals surface area contributed by atoms with Gasteiger partial charge in [-0.2, -0.15) is 4.31 Å². The maximum absolute atomic E-state index is 12.6. The van der Waals surface area contributed by atoms with Gasteiger partial charge in [0.2, 0.25) is 10.0 Å². The van der Waals surface area contributed by atoms with Crippen LogP contribution >= 0.6 is 0 Å². The van der Waals surface area contributed by atoms with Crippen LogP contribution in [0.15, 0.2) is 23.1 Å². The van der Waals surface area contributed by atoms with Gasteiger partial charge in [0.25, 0.3) is 0 Å². The number of hydrogen-bond acceptors (Lipinski definition) is 4. The predicted octanol–water partition coefficient (Wildman–Crippen LogP) is 0.652. The number of hydrogen-bond donors (Lipinski definition) is 1. The fourth-order valence-corrected chi connectivity index (χ4v) is 3.84. The second-order valence-electron chi connectivity index (χ2n) is 4.83. The van der Waals surface area contributed by atoms with Crippen molar-refractivity contribution in [2.45, 2.75) is 24.8 Å². The van der Waals surface area contributed by atoms with Crippen LogP contribution in [0.5, 0.6) is 0 Å². The molecular formula is C13H20N2O3S. The Bertz CT molecular complexity index is 557. The average Bonchev–Trinajstić information content (AvgIpc) is 2.41. The van der Waals surface area contributed by atoms with E-state index >= 15 is 0 Å². The maximum Gasteiger partial charge on any atom is 0.243 e. The van der Waals surface area contributed by atoms with Crippen LogP contribution in [0.25, 0.3) is 0 Å². The minimum Gasteiger partial charge on any atom is -0.378 e. The molecular weight excluding hydrogens is 264 g/mol. The second kappa shape index (κ2) is 5.58. The lowest BCUT2D eigenvalue weighted by atomic mass is 10.1. The zero-order chi connectivity index (χ0) is 14.0. The third-order valence-electron chi connectivity index (χ3n) is 3.53. The molecule has 1 saturated heterocycles. The van der Waals surface area contributed by atoms with Gasteiger partial charge < -0.3 is 10.5 Å². The lowest BCUT2D eigenvalue weighted by molar-refractivity contribution is 0.0358.